The summed E-state index contributed by atoms with van der Waals surface area (Å²) in [5.41, 5.74) is 0. The first kappa shape index (κ1) is 25.1. The van der Waals surface area contributed by atoms with Crippen LogP contribution in [0, 0.1) is 0 Å². The van der Waals surface area contributed by atoms with Gasteiger partial charge in [-0.05, 0) is 91.9 Å². The summed E-state index contributed by atoms with van der Waals surface area (Å²) in [5.74, 6) is 0. The summed E-state index contributed by atoms with van der Waals surface area (Å²) in [6.07, 6.45) is 9.09. The second-order valence-corrected chi connectivity index (χ2v) is 8.65. The van der Waals surface area contributed by atoms with Crippen LogP contribution >= 0.6 is 0 Å². The molecule has 0 radical (unpaired) electrons. The molecule has 4 nitrogen and oxygen atoms in total. The molecule has 152 valence electrons. The maximum absolute atomic E-state index is 6.18. The first-order chi connectivity index (χ1) is 12.1. The summed E-state index contributed by atoms with van der Waals surface area (Å²) < 4.78 is 6.18. The van der Waals surface area contributed by atoms with Crippen LogP contribution in [-0.4, -0.2) is 90.1 Å². The van der Waals surface area contributed by atoms with Crippen molar-refractivity contribution in [2.75, 3.05) is 59.5 Å². The quantitative estimate of drug-likeness (QED) is 0.344. The lowest BCUT2D eigenvalue weighted by Crippen LogP contribution is -2.35. The van der Waals surface area contributed by atoms with Gasteiger partial charge in [-0.3, -0.25) is 0 Å². The van der Waals surface area contributed by atoms with Gasteiger partial charge in [0.2, 0.25) is 0 Å². The Morgan fingerprint density at radius 1 is 0.720 bits per heavy atom. The van der Waals surface area contributed by atoms with Gasteiger partial charge in [0, 0.05) is 12.3 Å². The maximum Gasteiger partial charge on any atom is 0.175 e. The predicted molar refractivity (Wildman–Crippen MR) is 115 cm³/mol. The molecule has 0 aliphatic rings. The van der Waals surface area contributed by atoms with E-state index in [4.69, 9.17) is 4.43 Å². The molecule has 5 heteroatoms. The summed E-state index contributed by atoms with van der Waals surface area (Å²) in [5, 5.41) is 0. The average Bonchev–Trinajstić information content (AvgIpc) is 2.58. The second-order valence-electron chi connectivity index (χ2n) is 7.46. The second kappa shape index (κ2) is 17.5. The zero-order valence-corrected chi connectivity index (χ0v) is 19.6. The van der Waals surface area contributed by atoms with E-state index >= 15 is 0 Å². The van der Waals surface area contributed by atoms with Crippen molar-refractivity contribution in [3.8, 4) is 0 Å². The molecule has 0 saturated carbocycles. The van der Waals surface area contributed by atoms with E-state index in [1.165, 1.54) is 71.1 Å². The highest BCUT2D eigenvalue weighted by atomic mass is 28.2. The molecule has 0 atom stereocenters. The van der Waals surface area contributed by atoms with Crippen molar-refractivity contribution >= 4 is 9.76 Å². The lowest BCUT2D eigenvalue weighted by molar-refractivity contribution is 0.188. The minimum Gasteiger partial charge on any atom is -0.420 e. The lowest BCUT2D eigenvalue weighted by Gasteiger charge is -2.26. The molecule has 0 aromatic heterocycles. The molecule has 0 fully saturated rings. The van der Waals surface area contributed by atoms with Crippen LogP contribution in [-0.2, 0) is 4.43 Å². The molecule has 0 bridgehead atoms. The highest BCUT2D eigenvalue weighted by Crippen LogP contribution is 2.03. The van der Waals surface area contributed by atoms with Crippen molar-refractivity contribution in [1.29, 1.82) is 0 Å². The molecule has 25 heavy (non-hydrogen) atoms. The van der Waals surface area contributed by atoms with Crippen LogP contribution in [0.5, 0.6) is 0 Å². The number of hydrogen-bond acceptors (Lipinski definition) is 4. The molecule has 0 saturated heterocycles. The van der Waals surface area contributed by atoms with Gasteiger partial charge in [0.15, 0.2) is 9.76 Å². The van der Waals surface area contributed by atoms with E-state index in [-0.39, 0.29) is 0 Å². The molecule has 0 aliphatic heterocycles. The maximum atomic E-state index is 6.18. The largest absolute Gasteiger partial charge is 0.420 e. The third kappa shape index (κ3) is 14.9. The summed E-state index contributed by atoms with van der Waals surface area (Å²) in [4.78, 5) is 7.60. The fourth-order valence-corrected chi connectivity index (χ4v) is 4.94. The highest BCUT2D eigenvalue weighted by Gasteiger charge is 2.09. The Balaban J connectivity index is 4.15. The van der Waals surface area contributed by atoms with E-state index in [1.54, 1.807) is 0 Å². The van der Waals surface area contributed by atoms with Gasteiger partial charge < -0.3 is 19.1 Å². The van der Waals surface area contributed by atoms with Crippen LogP contribution in [0.15, 0.2) is 0 Å². The van der Waals surface area contributed by atoms with E-state index < -0.39 is 9.76 Å². The minimum absolute atomic E-state index is 0.421. The molecule has 0 N–H and O–H groups in total. The third-order valence-corrected chi connectivity index (χ3v) is 6.43. The van der Waals surface area contributed by atoms with Crippen LogP contribution in [0.1, 0.15) is 66.2 Å². The molecular weight excluding hydrogens is 326 g/mol. The summed E-state index contributed by atoms with van der Waals surface area (Å²) in [7, 11) is 4.08. The zero-order chi connectivity index (χ0) is 18.9. The summed E-state index contributed by atoms with van der Waals surface area (Å²) >= 11 is 0. The first-order valence-electron chi connectivity index (χ1n) is 10.8. The van der Waals surface area contributed by atoms with Gasteiger partial charge >= 0.3 is 0 Å². The van der Waals surface area contributed by atoms with Crippen LogP contribution in [0.25, 0.3) is 0 Å². The molecule has 0 aromatic carbocycles. The van der Waals surface area contributed by atoms with Crippen molar-refractivity contribution in [2.24, 2.45) is 0 Å². The predicted octanol–water partition coefficient (Wildman–Crippen LogP) is 3.00. The third-order valence-electron chi connectivity index (χ3n) is 4.91. The molecule has 0 aliphatic carbocycles. The summed E-state index contributed by atoms with van der Waals surface area (Å²) in [6.45, 7) is 16.3. The van der Waals surface area contributed by atoms with Crippen LogP contribution < -0.4 is 0 Å². The zero-order valence-electron chi connectivity index (χ0n) is 18.2. The Hall–Kier alpha value is 0.0569. The molecule has 0 amide bonds. The SMILES string of the molecule is CCCN(C)CCCN(CCCN(C)CCC)C[SiH2]OC(CC)CC. The van der Waals surface area contributed by atoms with E-state index in [1.807, 2.05) is 0 Å². The van der Waals surface area contributed by atoms with Crippen molar-refractivity contribution < 1.29 is 4.43 Å². The smallest absolute Gasteiger partial charge is 0.175 e. The molecular formula is C20H47N3OSi. The Morgan fingerprint density at radius 2 is 1.20 bits per heavy atom. The summed E-state index contributed by atoms with van der Waals surface area (Å²) in [6, 6.07) is 0. The van der Waals surface area contributed by atoms with Gasteiger partial charge in [-0.25, -0.2) is 0 Å². The van der Waals surface area contributed by atoms with Crippen LogP contribution in [0.4, 0.5) is 0 Å². The van der Waals surface area contributed by atoms with Gasteiger partial charge in [-0.2, -0.15) is 0 Å². The topological polar surface area (TPSA) is 19.0 Å². The van der Waals surface area contributed by atoms with E-state index in [0.717, 1.165) is 12.8 Å². The van der Waals surface area contributed by atoms with E-state index in [9.17, 15) is 0 Å². The van der Waals surface area contributed by atoms with Crippen LogP contribution in [0.3, 0.4) is 0 Å². The lowest BCUT2D eigenvalue weighted by atomic mass is 10.2. The monoisotopic (exact) mass is 373 g/mol. The fourth-order valence-electron chi connectivity index (χ4n) is 3.32. The fraction of sp³-hybridized carbons (Fsp3) is 1.00. The minimum atomic E-state index is -0.421. The van der Waals surface area contributed by atoms with Crippen molar-refractivity contribution in [2.45, 2.75) is 72.3 Å². The molecule has 0 heterocycles. The van der Waals surface area contributed by atoms with Gasteiger partial charge in [-0.1, -0.05) is 27.7 Å². The first-order valence-corrected chi connectivity index (χ1v) is 12.4. The molecule has 0 aromatic rings. The number of hydrogen-bond donors (Lipinski definition) is 0. The Labute approximate surface area is 161 Å². The van der Waals surface area contributed by atoms with E-state index in [0.29, 0.717) is 6.10 Å². The molecule has 0 spiro atoms. The Bertz CT molecular complexity index is 260. The van der Waals surface area contributed by atoms with Crippen molar-refractivity contribution in [3.05, 3.63) is 0 Å². The Morgan fingerprint density at radius 3 is 1.60 bits per heavy atom. The van der Waals surface area contributed by atoms with Crippen molar-refractivity contribution in [1.82, 2.24) is 14.7 Å². The number of rotatable bonds is 18. The Kier molecular flexibility index (Phi) is 17.5. The van der Waals surface area contributed by atoms with E-state index in [2.05, 4.69) is 56.5 Å². The average molecular weight is 374 g/mol. The normalized spacial score (nSPS) is 12.7. The molecule has 0 unspecified atom stereocenters. The number of nitrogens with zero attached hydrogens (tertiary/aromatic N) is 3. The van der Waals surface area contributed by atoms with Gasteiger partial charge in [0.25, 0.3) is 0 Å². The standard InChI is InChI=1S/C20H47N3OSi/c1-7-13-21(5)15-11-17-23(18-12-16-22(6)14-8-2)19-25-24-20(9-3)10-4/h20H,7-19,25H2,1-6H3. The highest BCUT2D eigenvalue weighted by molar-refractivity contribution is 6.27. The van der Waals surface area contributed by atoms with Gasteiger partial charge in [0.05, 0.1) is 0 Å². The van der Waals surface area contributed by atoms with Gasteiger partial charge in [-0.15, -0.1) is 0 Å². The molecule has 0 rings (SSSR count). The van der Waals surface area contributed by atoms with Crippen molar-refractivity contribution in [3.63, 3.8) is 0 Å². The van der Waals surface area contributed by atoms with Gasteiger partial charge in [0.1, 0.15) is 0 Å². The van der Waals surface area contributed by atoms with Crippen LogP contribution in [0.2, 0.25) is 0 Å².